The minimum Gasteiger partial charge on any atom is -0.535 e. The van der Waals surface area contributed by atoms with E-state index in [0.717, 1.165) is 12.1 Å². The summed E-state index contributed by atoms with van der Waals surface area (Å²) >= 11 is 1.30. The Morgan fingerprint density at radius 3 is 2.41 bits per heavy atom. The fraction of sp³-hybridized carbons (Fsp3) is 0.400. The first-order valence-corrected chi connectivity index (χ1v) is 12.3. The minimum atomic E-state index is -1.38. The van der Waals surface area contributed by atoms with Crippen molar-refractivity contribution in [3.05, 3.63) is 76.8 Å². The van der Waals surface area contributed by atoms with Crippen LogP contribution in [0.1, 0.15) is 43.1 Å². The van der Waals surface area contributed by atoms with E-state index in [1.54, 1.807) is 30.3 Å². The molecule has 0 saturated heterocycles. The van der Waals surface area contributed by atoms with Gasteiger partial charge in [0.05, 0.1) is 6.61 Å². The molecule has 0 radical (unpaired) electrons. The predicted molar refractivity (Wildman–Crippen MR) is 138 cm³/mol. The Labute approximate surface area is 263 Å². The zero-order valence-corrected chi connectivity index (χ0v) is 25.8. The number of aliphatic hydroxyl groups excluding tert-OH is 1. The summed E-state index contributed by atoms with van der Waals surface area (Å²) in [5.74, 6) is -2.08. The second-order valence-corrected chi connectivity index (χ2v) is 8.39. The predicted octanol–water partition coefficient (Wildman–Crippen LogP) is 1.15. The number of aliphatic hydroxyl groups is 1. The molecule has 0 spiro atoms. The van der Waals surface area contributed by atoms with Crippen LogP contribution in [0.2, 0.25) is 0 Å². The Morgan fingerprint density at radius 2 is 1.86 bits per heavy atom. The Morgan fingerprint density at radius 1 is 1.24 bits per heavy atom. The van der Waals surface area contributed by atoms with E-state index < -0.39 is 23.8 Å². The summed E-state index contributed by atoms with van der Waals surface area (Å²) in [7, 11) is 1.43. The molecular formula is C25H33F2KN4O4S. The van der Waals surface area contributed by atoms with Gasteiger partial charge in [0.25, 0.3) is 5.91 Å². The minimum absolute atomic E-state index is 0. The SMILES string of the molecule is CC.CC(N)=O.CO[N-]CCC1CSC(NC(=O)c2ccccc2)=NC1(CO)c1ccc(F)cc1F.[K+]. The molecule has 0 fully saturated rings. The molecule has 2 aromatic carbocycles. The van der Waals surface area contributed by atoms with E-state index in [9.17, 15) is 23.5 Å². The van der Waals surface area contributed by atoms with E-state index in [1.807, 2.05) is 13.8 Å². The molecule has 1 heterocycles. The van der Waals surface area contributed by atoms with Crippen molar-refractivity contribution in [3.63, 3.8) is 0 Å². The summed E-state index contributed by atoms with van der Waals surface area (Å²) in [4.78, 5) is 31.1. The van der Waals surface area contributed by atoms with Gasteiger partial charge in [-0.05, 0) is 24.1 Å². The molecule has 2 aromatic rings. The van der Waals surface area contributed by atoms with Gasteiger partial charge in [-0.1, -0.05) is 56.3 Å². The van der Waals surface area contributed by atoms with Crippen LogP contribution in [0.5, 0.6) is 0 Å². The first-order chi connectivity index (χ1) is 17.2. The Balaban J connectivity index is 0.00000169. The van der Waals surface area contributed by atoms with Crippen LogP contribution in [0.25, 0.3) is 5.48 Å². The maximum absolute atomic E-state index is 14.7. The molecule has 0 saturated carbocycles. The van der Waals surface area contributed by atoms with Gasteiger partial charge in [-0.2, -0.15) is 0 Å². The first-order valence-electron chi connectivity index (χ1n) is 11.3. The molecule has 0 aromatic heterocycles. The fourth-order valence-electron chi connectivity index (χ4n) is 3.44. The number of hydrogen-bond acceptors (Lipinski definition) is 6. The van der Waals surface area contributed by atoms with Crippen molar-refractivity contribution < 1.29 is 79.7 Å². The molecule has 3 rings (SSSR count). The quantitative estimate of drug-likeness (QED) is 0.265. The molecule has 198 valence electrons. The van der Waals surface area contributed by atoms with Gasteiger partial charge >= 0.3 is 51.4 Å². The van der Waals surface area contributed by atoms with Gasteiger partial charge in [-0.15, -0.1) is 6.54 Å². The number of rotatable bonds is 7. The topological polar surface area (TPSA) is 128 Å². The molecule has 2 atom stereocenters. The Hall–Kier alpha value is -1.22. The zero-order valence-electron chi connectivity index (χ0n) is 21.8. The second-order valence-electron chi connectivity index (χ2n) is 7.39. The molecule has 8 nitrogen and oxygen atoms in total. The van der Waals surface area contributed by atoms with Gasteiger partial charge in [0.15, 0.2) is 5.17 Å². The summed E-state index contributed by atoms with van der Waals surface area (Å²) < 4.78 is 28.2. The number of carbonyl (C=O) groups excluding carboxylic acids is 2. The van der Waals surface area contributed by atoms with Crippen molar-refractivity contribution >= 4 is 28.7 Å². The van der Waals surface area contributed by atoms with Gasteiger partial charge in [0.1, 0.15) is 17.2 Å². The van der Waals surface area contributed by atoms with E-state index in [1.165, 1.54) is 31.9 Å². The standard InChI is InChI=1S/C21H22F2N3O3S.C2H5NO.C2H6.K/c1-29-24-10-9-15-12-30-20(25-19(28)14-5-3-2-4-6-14)26-21(15,13-27)17-8-7-16(22)11-18(17)23;1-2(3)4;1-2;/h2-8,11,15,27H,9-10,12-13H2,1H3,(H,25,26,28);1H3,(H2,3,4);1-2H3;/q-1;;;+1. The largest absolute Gasteiger partial charge is 1.00 e. The smallest absolute Gasteiger partial charge is 0.535 e. The number of benzene rings is 2. The Kier molecular flexibility index (Phi) is 18.3. The van der Waals surface area contributed by atoms with Crippen LogP contribution >= 0.6 is 11.8 Å². The van der Waals surface area contributed by atoms with Gasteiger partial charge in [0, 0.05) is 37.0 Å². The number of amides is 2. The van der Waals surface area contributed by atoms with Crippen LogP contribution in [0.15, 0.2) is 53.5 Å². The zero-order chi connectivity index (χ0) is 27.1. The van der Waals surface area contributed by atoms with Crippen molar-refractivity contribution in [1.29, 1.82) is 0 Å². The van der Waals surface area contributed by atoms with E-state index in [0.29, 0.717) is 24.3 Å². The van der Waals surface area contributed by atoms with Crippen LogP contribution in [0.3, 0.4) is 0 Å². The number of carbonyl (C=O) groups is 2. The molecule has 4 N–H and O–H groups in total. The number of nitrogens with two attached hydrogens (primary N) is 1. The molecule has 0 aliphatic carbocycles. The average Bonchev–Trinajstić information content (AvgIpc) is 2.86. The van der Waals surface area contributed by atoms with Crippen molar-refractivity contribution in [2.45, 2.75) is 32.7 Å². The number of hydroxylamine groups is 1. The summed E-state index contributed by atoms with van der Waals surface area (Å²) in [6, 6.07) is 11.8. The molecule has 37 heavy (non-hydrogen) atoms. The Bertz CT molecular complexity index is 1010. The maximum Gasteiger partial charge on any atom is 1.00 e. The van der Waals surface area contributed by atoms with Crippen LogP contribution in [0, 0.1) is 17.6 Å². The van der Waals surface area contributed by atoms with Crippen LogP contribution in [-0.4, -0.2) is 48.1 Å². The summed E-state index contributed by atoms with van der Waals surface area (Å²) in [5, 5.41) is 13.3. The normalized spacial score (nSPS) is 18.0. The van der Waals surface area contributed by atoms with E-state index >= 15 is 0 Å². The monoisotopic (exact) mass is 562 g/mol. The number of amidine groups is 1. The van der Waals surface area contributed by atoms with Crippen molar-refractivity contribution in [2.24, 2.45) is 16.6 Å². The summed E-state index contributed by atoms with van der Waals surface area (Å²) in [6.45, 7) is 5.12. The molecule has 0 bridgehead atoms. The number of hydrogen-bond donors (Lipinski definition) is 3. The van der Waals surface area contributed by atoms with E-state index in [4.69, 9.17) is 4.84 Å². The van der Waals surface area contributed by atoms with Crippen LogP contribution in [0.4, 0.5) is 8.78 Å². The third-order valence-corrected chi connectivity index (χ3v) is 6.03. The van der Waals surface area contributed by atoms with E-state index in [2.05, 4.69) is 21.5 Å². The van der Waals surface area contributed by atoms with Gasteiger partial charge in [-0.3, -0.25) is 9.59 Å². The fourth-order valence-corrected chi connectivity index (χ4v) is 4.63. The molecule has 1 aliphatic rings. The number of thioether (sulfide) groups is 1. The van der Waals surface area contributed by atoms with Gasteiger partial charge in [0.2, 0.25) is 5.91 Å². The van der Waals surface area contributed by atoms with Crippen molar-refractivity contribution in [2.75, 3.05) is 26.0 Å². The maximum atomic E-state index is 14.7. The summed E-state index contributed by atoms with van der Waals surface area (Å²) in [5.41, 5.74) is 7.45. The number of primary amides is 1. The molecule has 1 aliphatic heterocycles. The molecule has 12 heteroatoms. The third kappa shape index (κ3) is 11.2. The number of nitrogens with one attached hydrogen (secondary N) is 1. The van der Waals surface area contributed by atoms with Gasteiger partial charge < -0.3 is 26.5 Å². The van der Waals surface area contributed by atoms with Crippen LogP contribution in [-0.2, 0) is 15.2 Å². The third-order valence-electron chi connectivity index (χ3n) is 4.99. The average molecular weight is 563 g/mol. The van der Waals surface area contributed by atoms with Crippen molar-refractivity contribution in [1.82, 2.24) is 5.32 Å². The van der Waals surface area contributed by atoms with Gasteiger partial charge in [-0.25, -0.2) is 13.8 Å². The second kappa shape index (κ2) is 18.9. The van der Waals surface area contributed by atoms with Crippen LogP contribution < -0.4 is 62.4 Å². The molecule has 2 unspecified atom stereocenters. The van der Waals surface area contributed by atoms with Crippen molar-refractivity contribution in [3.8, 4) is 0 Å². The number of nitrogens with zero attached hydrogens (tertiary/aromatic N) is 2. The molecular weight excluding hydrogens is 529 g/mol. The summed E-state index contributed by atoms with van der Waals surface area (Å²) in [6.07, 6.45) is 0.460. The van der Waals surface area contributed by atoms with E-state index in [-0.39, 0.29) is 79.8 Å². The first kappa shape index (κ1) is 35.8. The number of aliphatic imine (C=N–C) groups is 1. The number of halogens is 2. The molecule has 2 amide bonds.